The number of aromatic nitrogens is 2. The Morgan fingerprint density at radius 2 is 2.15 bits per heavy atom. The van der Waals surface area contributed by atoms with Gasteiger partial charge in [0.2, 0.25) is 0 Å². The first kappa shape index (κ1) is 13.6. The van der Waals surface area contributed by atoms with Gasteiger partial charge < -0.3 is 10.6 Å². The number of amides is 1. The molecule has 2 aliphatic rings. The summed E-state index contributed by atoms with van der Waals surface area (Å²) in [6.45, 7) is 7.81. The normalized spacial score (nSPS) is 29.2. The van der Waals surface area contributed by atoms with Crippen molar-refractivity contribution in [2.75, 3.05) is 13.1 Å². The van der Waals surface area contributed by atoms with E-state index in [-0.39, 0.29) is 18.0 Å². The van der Waals surface area contributed by atoms with Crippen molar-refractivity contribution in [3.05, 3.63) is 17.5 Å². The van der Waals surface area contributed by atoms with Crippen LogP contribution in [0.1, 0.15) is 48.8 Å². The molecule has 2 fully saturated rings. The molecule has 1 aliphatic carbocycles. The monoisotopic (exact) mass is 276 g/mol. The van der Waals surface area contributed by atoms with Crippen LogP contribution in [0.2, 0.25) is 0 Å². The van der Waals surface area contributed by atoms with Crippen LogP contribution in [0.4, 0.5) is 0 Å². The van der Waals surface area contributed by atoms with Gasteiger partial charge >= 0.3 is 0 Å². The molecule has 1 amide bonds. The van der Waals surface area contributed by atoms with Gasteiger partial charge in [-0.15, -0.1) is 0 Å². The Morgan fingerprint density at radius 1 is 1.40 bits per heavy atom. The lowest BCUT2D eigenvalue weighted by Crippen LogP contribution is -2.33. The number of nitrogens with two attached hydrogens (primary N) is 1. The molecule has 3 rings (SSSR count). The fraction of sp³-hybridized carbons (Fsp3) is 0.733. The molecule has 1 saturated heterocycles. The minimum Gasteiger partial charge on any atom is -0.338 e. The Bertz CT molecular complexity index is 522. The van der Waals surface area contributed by atoms with Gasteiger partial charge in [0, 0.05) is 30.9 Å². The van der Waals surface area contributed by atoms with Crippen molar-refractivity contribution in [2.45, 2.75) is 45.7 Å². The zero-order valence-corrected chi connectivity index (χ0v) is 12.5. The van der Waals surface area contributed by atoms with Crippen LogP contribution in [-0.2, 0) is 0 Å². The molecule has 5 heteroatoms. The van der Waals surface area contributed by atoms with E-state index in [0.717, 1.165) is 30.8 Å². The average molecular weight is 276 g/mol. The van der Waals surface area contributed by atoms with E-state index in [1.165, 1.54) is 6.42 Å². The fourth-order valence-electron chi connectivity index (χ4n) is 3.80. The molecule has 2 heterocycles. The van der Waals surface area contributed by atoms with Gasteiger partial charge in [0.15, 0.2) is 0 Å². The van der Waals surface area contributed by atoms with E-state index in [0.29, 0.717) is 11.8 Å². The summed E-state index contributed by atoms with van der Waals surface area (Å²) in [6, 6.07) is 0.556. The molecular formula is C15H24N4O. The molecule has 20 heavy (non-hydrogen) atoms. The van der Waals surface area contributed by atoms with E-state index in [4.69, 9.17) is 5.73 Å². The summed E-state index contributed by atoms with van der Waals surface area (Å²) in [6.07, 6.45) is 3.99. The smallest absolute Gasteiger partial charge is 0.257 e. The lowest BCUT2D eigenvalue weighted by molar-refractivity contribution is 0.0778. The Morgan fingerprint density at radius 3 is 2.75 bits per heavy atom. The predicted octanol–water partition coefficient (Wildman–Crippen LogP) is 1.58. The first-order chi connectivity index (χ1) is 9.49. The second kappa shape index (κ2) is 4.88. The Kier molecular flexibility index (Phi) is 3.32. The molecule has 0 bridgehead atoms. The third-order valence-corrected chi connectivity index (χ3v) is 4.96. The maximum Gasteiger partial charge on any atom is 0.257 e. The van der Waals surface area contributed by atoms with Crippen LogP contribution >= 0.6 is 0 Å². The highest BCUT2D eigenvalue weighted by atomic mass is 16.2. The number of nitrogens with zero attached hydrogens (tertiary/aromatic N) is 3. The van der Waals surface area contributed by atoms with Gasteiger partial charge in [0.25, 0.3) is 5.91 Å². The van der Waals surface area contributed by atoms with Gasteiger partial charge in [0.05, 0.1) is 11.8 Å². The summed E-state index contributed by atoms with van der Waals surface area (Å²) in [5.41, 5.74) is 7.85. The van der Waals surface area contributed by atoms with E-state index in [1.807, 2.05) is 16.5 Å². The molecule has 2 N–H and O–H groups in total. The largest absolute Gasteiger partial charge is 0.338 e. The maximum absolute atomic E-state index is 12.7. The zero-order chi connectivity index (χ0) is 14.4. The molecule has 1 aliphatic heterocycles. The minimum atomic E-state index is 0.121. The van der Waals surface area contributed by atoms with Crippen LogP contribution in [0.5, 0.6) is 0 Å². The van der Waals surface area contributed by atoms with Crippen LogP contribution < -0.4 is 5.73 Å². The first-order valence-corrected chi connectivity index (χ1v) is 7.58. The molecule has 1 aromatic heterocycles. The average Bonchev–Trinajstić information content (AvgIpc) is 3.05. The van der Waals surface area contributed by atoms with Crippen LogP contribution in [-0.4, -0.2) is 39.7 Å². The van der Waals surface area contributed by atoms with Crippen LogP contribution in [0.3, 0.4) is 0 Å². The van der Waals surface area contributed by atoms with Crippen molar-refractivity contribution >= 4 is 5.91 Å². The fourth-order valence-corrected chi connectivity index (χ4v) is 3.80. The Hall–Kier alpha value is -1.36. The molecule has 0 aromatic carbocycles. The van der Waals surface area contributed by atoms with Crippen molar-refractivity contribution in [1.82, 2.24) is 14.7 Å². The lowest BCUT2D eigenvalue weighted by Gasteiger charge is -2.18. The number of rotatable bonds is 2. The molecular weight excluding hydrogens is 252 g/mol. The number of fused-ring (bicyclic) bond motifs is 1. The number of hydrogen-bond donors (Lipinski definition) is 1. The summed E-state index contributed by atoms with van der Waals surface area (Å²) in [7, 11) is 0. The molecule has 0 radical (unpaired) electrons. The molecule has 3 atom stereocenters. The molecule has 110 valence electrons. The number of likely N-dealkylation sites (tertiary alicyclic amines) is 1. The topological polar surface area (TPSA) is 64.2 Å². The molecule has 5 nitrogen and oxygen atoms in total. The third kappa shape index (κ3) is 2.04. The molecule has 3 unspecified atom stereocenters. The van der Waals surface area contributed by atoms with Gasteiger partial charge in [0.1, 0.15) is 0 Å². The highest BCUT2D eigenvalue weighted by Gasteiger charge is 2.42. The van der Waals surface area contributed by atoms with E-state index < -0.39 is 0 Å². The van der Waals surface area contributed by atoms with E-state index in [9.17, 15) is 4.79 Å². The maximum atomic E-state index is 12.7. The standard InChI is InChI=1S/C15H24N4O/c1-9(2)19-10(3)12(6-17-19)15(20)18-7-11-4-5-14(16)13(11)8-18/h6,9,11,13-14H,4-5,7-8,16H2,1-3H3. The number of carbonyl (C=O) groups excluding carboxylic acids is 1. The van der Waals surface area contributed by atoms with E-state index >= 15 is 0 Å². The quantitative estimate of drug-likeness (QED) is 0.892. The van der Waals surface area contributed by atoms with Gasteiger partial charge in [-0.2, -0.15) is 5.10 Å². The Balaban J connectivity index is 1.77. The van der Waals surface area contributed by atoms with E-state index in [1.54, 1.807) is 6.20 Å². The molecule has 1 aromatic rings. The highest BCUT2D eigenvalue weighted by molar-refractivity contribution is 5.95. The van der Waals surface area contributed by atoms with Crippen LogP contribution in [0, 0.1) is 18.8 Å². The van der Waals surface area contributed by atoms with Crippen molar-refractivity contribution in [3.8, 4) is 0 Å². The second-order valence-corrected chi connectivity index (χ2v) is 6.56. The summed E-state index contributed by atoms with van der Waals surface area (Å²) >= 11 is 0. The highest BCUT2D eigenvalue weighted by Crippen LogP contribution is 2.37. The molecule has 0 spiro atoms. The van der Waals surface area contributed by atoms with Gasteiger partial charge in [-0.1, -0.05) is 0 Å². The van der Waals surface area contributed by atoms with Gasteiger partial charge in [-0.05, 0) is 45.4 Å². The number of hydrogen-bond acceptors (Lipinski definition) is 3. The van der Waals surface area contributed by atoms with Crippen molar-refractivity contribution in [3.63, 3.8) is 0 Å². The van der Waals surface area contributed by atoms with Crippen molar-refractivity contribution in [1.29, 1.82) is 0 Å². The summed E-state index contributed by atoms with van der Waals surface area (Å²) in [5.74, 6) is 1.23. The van der Waals surface area contributed by atoms with Crippen molar-refractivity contribution < 1.29 is 4.79 Å². The van der Waals surface area contributed by atoms with Crippen molar-refractivity contribution in [2.24, 2.45) is 17.6 Å². The second-order valence-electron chi connectivity index (χ2n) is 6.56. The van der Waals surface area contributed by atoms with Crippen LogP contribution in [0.25, 0.3) is 0 Å². The SMILES string of the molecule is Cc1c(C(=O)N2CC3CCC(N)C3C2)cnn1C(C)C. The predicted molar refractivity (Wildman–Crippen MR) is 77.4 cm³/mol. The molecule has 1 saturated carbocycles. The zero-order valence-electron chi connectivity index (χ0n) is 12.5. The summed E-state index contributed by atoms with van der Waals surface area (Å²) in [5, 5.41) is 4.34. The lowest BCUT2D eigenvalue weighted by atomic mass is 9.98. The summed E-state index contributed by atoms with van der Waals surface area (Å²) in [4.78, 5) is 14.6. The Labute approximate surface area is 120 Å². The first-order valence-electron chi connectivity index (χ1n) is 7.58. The van der Waals surface area contributed by atoms with Gasteiger partial charge in [-0.25, -0.2) is 0 Å². The summed E-state index contributed by atoms with van der Waals surface area (Å²) < 4.78 is 1.91. The van der Waals surface area contributed by atoms with Gasteiger partial charge in [-0.3, -0.25) is 9.48 Å². The third-order valence-electron chi connectivity index (χ3n) is 4.96. The van der Waals surface area contributed by atoms with E-state index in [2.05, 4.69) is 18.9 Å². The van der Waals surface area contributed by atoms with Crippen LogP contribution in [0.15, 0.2) is 6.20 Å². The minimum absolute atomic E-state index is 0.121. The number of carbonyl (C=O) groups is 1.